The lowest BCUT2D eigenvalue weighted by Gasteiger charge is -2.00. The molecule has 1 rings (SSSR count). The van der Waals surface area contributed by atoms with Crippen molar-refractivity contribution in [1.29, 1.82) is 0 Å². The van der Waals surface area contributed by atoms with Crippen LogP contribution in [0.5, 0.6) is 0 Å². The number of aliphatic hydroxyl groups excluding tert-OH is 1. The van der Waals surface area contributed by atoms with Gasteiger partial charge in [0.1, 0.15) is 0 Å². The molecule has 0 saturated carbocycles. The second-order valence-corrected chi connectivity index (χ2v) is 3.71. The Morgan fingerprint density at radius 3 is 1.95 bits per heavy atom. The van der Waals surface area contributed by atoms with E-state index in [9.17, 15) is 0 Å². The minimum Gasteiger partial charge on any atom is -0.481 e. The van der Waals surface area contributed by atoms with Gasteiger partial charge in [0.05, 0.1) is 26.4 Å². The van der Waals surface area contributed by atoms with Crippen LogP contribution in [0.4, 0.5) is 0 Å². The van der Waals surface area contributed by atoms with Crippen LogP contribution >= 0.6 is 0 Å². The van der Waals surface area contributed by atoms with E-state index in [-0.39, 0.29) is 6.61 Å². The quantitative estimate of drug-likeness (QED) is 0.783. The van der Waals surface area contributed by atoms with Crippen molar-refractivity contribution in [3.05, 3.63) is 35.9 Å². The van der Waals surface area contributed by atoms with Gasteiger partial charge in [-0.05, 0) is 13.8 Å². The van der Waals surface area contributed by atoms with Gasteiger partial charge >= 0.3 is 0 Å². The summed E-state index contributed by atoms with van der Waals surface area (Å²) in [6.45, 7) is 7.53. The monoisotopic (exact) mass is 286 g/mol. The van der Waals surface area contributed by atoms with Crippen molar-refractivity contribution in [3.63, 3.8) is 0 Å². The standard InChI is InChI=1S/C7H8.C6H14O3.C2H4O2/c1-7-5-3-2-4-6-7;1-2-8-5-6-9-4-3-7;1-2(3)4/h2-6H,1H3;7H,2-6H2,1H3;1H3,(H,3,4). The highest BCUT2D eigenvalue weighted by Crippen LogP contribution is 1.92. The number of benzene rings is 1. The lowest BCUT2D eigenvalue weighted by Crippen LogP contribution is -2.06. The molecule has 0 bridgehead atoms. The molecular weight excluding hydrogens is 260 g/mol. The number of aryl methyl sites for hydroxylation is 1. The molecule has 0 aliphatic carbocycles. The second-order valence-electron chi connectivity index (χ2n) is 3.71. The fourth-order valence-electron chi connectivity index (χ4n) is 0.963. The molecule has 0 radical (unpaired) electrons. The molecule has 0 fully saturated rings. The van der Waals surface area contributed by atoms with Crippen LogP contribution in [0.3, 0.4) is 0 Å². The molecule has 0 aliphatic heterocycles. The van der Waals surface area contributed by atoms with E-state index >= 15 is 0 Å². The topological polar surface area (TPSA) is 76.0 Å². The number of carboxylic acid groups (broad SMARTS) is 1. The van der Waals surface area contributed by atoms with Crippen LogP contribution in [-0.2, 0) is 14.3 Å². The lowest BCUT2D eigenvalue weighted by molar-refractivity contribution is -0.134. The molecule has 0 aliphatic rings. The van der Waals surface area contributed by atoms with Crippen LogP contribution in [0.25, 0.3) is 0 Å². The molecule has 0 amide bonds. The Morgan fingerprint density at radius 1 is 1.10 bits per heavy atom. The molecule has 5 heteroatoms. The molecule has 1 aromatic rings. The van der Waals surface area contributed by atoms with E-state index in [0.29, 0.717) is 19.8 Å². The third-order valence-electron chi connectivity index (χ3n) is 1.75. The minimum atomic E-state index is -0.833. The molecule has 5 nitrogen and oxygen atoms in total. The van der Waals surface area contributed by atoms with Gasteiger partial charge in [0.25, 0.3) is 5.97 Å². The van der Waals surface area contributed by atoms with Crippen LogP contribution < -0.4 is 0 Å². The van der Waals surface area contributed by atoms with E-state index in [2.05, 4.69) is 19.1 Å². The SMILES string of the molecule is CC(=O)O.CCOCCOCCO.Cc1ccccc1. The zero-order valence-corrected chi connectivity index (χ0v) is 12.5. The summed E-state index contributed by atoms with van der Waals surface area (Å²) < 4.78 is 9.88. The summed E-state index contributed by atoms with van der Waals surface area (Å²) in [6.07, 6.45) is 0. The maximum Gasteiger partial charge on any atom is 0.300 e. The van der Waals surface area contributed by atoms with Crippen LogP contribution in [-0.4, -0.2) is 49.2 Å². The van der Waals surface area contributed by atoms with Crippen LogP contribution in [0.2, 0.25) is 0 Å². The summed E-state index contributed by atoms with van der Waals surface area (Å²) in [6, 6.07) is 10.3. The summed E-state index contributed by atoms with van der Waals surface area (Å²) in [5.74, 6) is -0.833. The first-order valence-corrected chi connectivity index (χ1v) is 6.52. The molecular formula is C15H26O5. The molecule has 0 atom stereocenters. The molecule has 116 valence electrons. The average Bonchev–Trinajstić information content (AvgIpc) is 2.40. The minimum absolute atomic E-state index is 0.0894. The van der Waals surface area contributed by atoms with E-state index in [1.807, 2.05) is 25.1 Å². The maximum atomic E-state index is 9.00. The molecule has 20 heavy (non-hydrogen) atoms. The van der Waals surface area contributed by atoms with Crippen molar-refractivity contribution in [2.24, 2.45) is 0 Å². The third kappa shape index (κ3) is 25.4. The van der Waals surface area contributed by atoms with Crippen molar-refractivity contribution in [2.75, 3.05) is 33.0 Å². The molecule has 0 saturated heterocycles. The van der Waals surface area contributed by atoms with Crippen molar-refractivity contribution >= 4 is 5.97 Å². The number of hydrogen-bond acceptors (Lipinski definition) is 4. The van der Waals surface area contributed by atoms with Crippen molar-refractivity contribution in [3.8, 4) is 0 Å². The summed E-state index contributed by atoms with van der Waals surface area (Å²) in [7, 11) is 0. The molecule has 0 spiro atoms. The van der Waals surface area contributed by atoms with Gasteiger partial charge in [-0.3, -0.25) is 4.79 Å². The van der Waals surface area contributed by atoms with Crippen molar-refractivity contribution < 1.29 is 24.5 Å². The first kappa shape index (κ1) is 20.9. The molecule has 0 unspecified atom stereocenters. The number of ether oxygens (including phenoxy) is 2. The van der Waals surface area contributed by atoms with Gasteiger partial charge in [-0.25, -0.2) is 0 Å². The molecule has 0 aromatic heterocycles. The highest BCUT2D eigenvalue weighted by Gasteiger charge is 1.84. The predicted molar refractivity (Wildman–Crippen MR) is 78.9 cm³/mol. The van der Waals surface area contributed by atoms with Gasteiger partial charge in [-0.2, -0.15) is 0 Å². The van der Waals surface area contributed by atoms with Crippen molar-refractivity contribution in [1.82, 2.24) is 0 Å². The first-order chi connectivity index (χ1) is 9.54. The van der Waals surface area contributed by atoms with Crippen LogP contribution in [0.1, 0.15) is 19.4 Å². The Labute approximate surface area is 121 Å². The van der Waals surface area contributed by atoms with Gasteiger partial charge in [0, 0.05) is 13.5 Å². The number of carboxylic acids is 1. The molecule has 0 heterocycles. The Kier molecular flexibility index (Phi) is 18.3. The fraction of sp³-hybridized carbons (Fsp3) is 0.533. The average molecular weight is 286 g/mol. The Hall–Kier alpha value is -1.43. The highest BCUT2D eigenvalue weighted by molar-refractivity contribution is 5.62. The summed E-state index contributed by atoms with van der Waals surface area (Å²) in [4.78, 5) is 9.00. The number of carbonyl (C=O) groups is 1. The maximum absolute atomic E-state index is 9.00. The second kappa shape index (κ2) is 17.6. The smallest absolute Gasteiger partial charge is 0.300 e. The van der Waals surface area contributed by atoms with Gasteiger partial charge in [0.15, 0.2) is 0 Å². The zero-order valence-electron chi connectivity index (χ0n) is 12.5. The third-order valence-corrected chi connectivity index (χ3v) is 1.75. The van der Waals surface area contributed by atoms with E-state index < -0.39 is 5.97 Å². The first-order valence-electron chi connectivity index (χ1n) is 6.52. The van der Waals surface area contributed by atoms with Gasteiger partial charge in [-0.1, -0.05) is 35.9 Å². The highest BCUT2D eigenvalue weighted by atomic mass is 16.5. The number of hydrogen-bond donors (Lipinski definition) is 2. The van der Waals surface area contributed by atoms with Crippen molar-refractivity contribution in [2.45, 2.75) is 20.8 Å². The summed E-state index contributed by atoms with van der Waals surface area (Å²) >= 11 is 0. The van der Waals surface area contributed by atoms with Crippen LogP contribution in [0.15, 0.2) is 30.3 Å². The van der Waals surface area contributed by atoms with Gasteiger partial charge in [0.2, 0.25) is 0 Å². The zero-order chi connectivity index (χ0) is 15.6. The van der Waals surface area contributed by atoms with Gasteiger partial charge in [-0.15, -0.1) is 0 Å². The fourth-order valence-corrected chi connectivity index (χ4v) is 0.963. The Morgan fingerprint density at radius 2 is 1.60 bits per heavy atom. The number of aliphatic carboxylic acids is 1. The largest absolute Gasteiger partial charge is 0.481 e. The Balaban J connectivity index is 0. The van der Waals surface area contributed by atoms with Gasteiger partial charge < -0.3 is 19.7 Å². The Bertz CT molecular complexity index is 290. The van der Waals surface area contributed by atoms with E-state index in [1.165, 1.54) is 5.56 Å². The molecule has 1 aromatic carbocycles. The summed E-state index contributed by atoms with van der Waals surface area (Å²) in [5.41, 5.74) is 1.32. The van der Waals surface area contributed by atoms with Crippen LogP contribution in [0, 0.1) is 6.92 Å². The summed E-state index contributed by atoms with van der Waals surface area (Å²) in [5, 5.41) is 15.7. The number of rotatable bonds is 6. The van der Waals surface area contributed by atoms with E-state index in [1.54, 1.807) is 0 Å². The normalized spacial score (nSPS) is 8.80. The predicted octanol–water partition coefficient (Wildman–Crippen LogP) is 2.12. The molecule has 2 N–H and O–H groups in total. The van der Waals surface area contributed by atoms with E-state index in [0.717, 1.165) is 13.5 Å². The lowest BCUT2D eigenvalue weighted by atomic mass is 10.2. The number of aliphatic hydroxyl groups is 1. The van der Waals surface area contributed by atoms with E-state index in [4.69, 9.17) is 24.5 Å².